The number of aliphatic carboxylic acids is 1. The maximum atomic E-state index is 10.4. The summed E-state index contributed by atoms with van der Waals surface area (Å²) in [5.74, 6) is 0.783. The molecule has 0 bridgehead atoms. The summed E-state index contributed by atoms with van der Waals surface area (Å²) in [7, 11) is 3.88. The fourth-order valence-electron chi connectivity index (χ4n) is 1.73. The standard InChI is InChI=1S/C14H16N4O2/c1-17-8-7-15-13(17)10-18(2)12-5-3-11(9-16-12)4-6-14(19)20/h3-9H,10H2,1-2H3,(H,19,20)/b6-4+. The molecular weight excluding hydrogens is 256 g/mol. The largest absolute Gasteiger partial charge is 0.478 e. The maximum Gasteiger partial charge on any atom is 0.328 e. The predicted molar refractivity (Wildman–Crippen MR) is 76.2 cm³/mol. The van der Waals surface area contributed by atoms with Crippen LogP contribution in [0.5, 0.6) is 0 Å². The number of carboxylic acids is 1. The lowest BCUT2D eigenvalue weighted by molar-refractivity contribution is -0.131. The van der Waals surface area contributed by atoms with E-state index in [1.807, 2.05) is 41.9 Å². The molecule has 0 spiro atoms. The van der Waals surface area contributed by atoms with E-state index >= 15 is 0 Å². The Labute approximate surface area is 117 Å². The topological polar surface area (TPSA) is 71.2 Å². The van der Waals surface area contributed by atoms with Crippen molar-refractivity contribution in [3.8, 4) is 0 Å². The molecule has 2 heterocycles. The van der Waals surface area contributed by atoms with Crippen molar-refractivity contribution in [3.63, 3.8) is 0 Å². The van der Waals surface area contributed by atoms with Crippen LogP contribution in [0.4, 0.5) is 5.82 Å². The molecule has 2 rings (SSSR count). The van der Waals surface area contributed by atoms with Gasteiger partial charge in [0.15, 0.2) is 0 Å². The molecule has 2 aromatic heterocycles. The van der Waals surface area contributed by atoms with E-state index in [4.69, 9.17) is 5.11 Å². The first-order chi connectivity index (χ1) is 9.56. The Kier molecular flexibility index (Phi) is 4.14. The Morgan fingerprint density at radius 2 is 2.25 bits per heavy atom. The summed E-state index contributed by atoms with van der Waals surface area (Å²) in [6.45, 7) is 0.654. The number of aryl methyl sites for hydroxylation is 1. The number of imidazole rings is 1. The summed E-state index contributed by atoms with van der Waals surface area (Å²) in [5.41, 5.74) is 0.751. The zero-order valence-electron chi connectivity index (χ0n) is 11.4. The lowest BCUT2D eigenvalue weighted by Gasteiger charge is -2.17. The molecule has 6 nitrogen and oxygen atoms in total. The Morgan fingerprint density at radius 1 is 1.45 bits per heavy atom. The number of anilines is 1. The average molecular weight is 272 g/mol. The molecule has 0 saturated carbocycles. The Balaban J connectivity index is 2.06. The van der Waals surface area contributed by atoms with E-state index < -0.39 is 5.97 Å². The van der Waals surface area contributed by atoms with E-state index in [0.29, 0.717) is 6.54 Å². The zero-order valence-corrected chi connectivity index (χ0v) is 11.4. The van der Waals surface area contributed by atoms with E-state index in [9.17, 15) is 4.79 Å². The van der Waals surface area contributed by atoms with Crippen LogP contribution >= 0.6 is 0 Å². The van der Waals surface area contributed by atoms with Crippen LogP contribution in [0.1, 0.15) is 11.4 Å². The van der Waals surface area contributed by atoms with Crippen molar-refractivity contribution in [2.75, 3.05) is 11.9 Å². The van der Waals surface area contributed by atoms with Gasteiger partial charge in [-0.3, -0.25) is 0 Å². The second-order valence-corrected chi connectivity index (χ2v) is 4.43. The summed E-state index contributed by atoms with van der Waals surface area (Å²) < 4.78 is 1.96. The second-order valence-electron chi connectivity index (χ2n) is 4.43. The third-order valence-electron chi connectivity index (χ3n) is 2.88. The highest BCUT2D eigenvalue weighted by Gasteiger charge is 2.06. The minimum atomic E-state index is -0.971. The van der Waals surface area contributed by atoms with Crippen LogP contribution in [0.3, 0.4) is 0 Å². The van der Waals surface area contributed by atoms with Crippen molar-refractivity contribution in [2.45, 2.75) is 6.54 Å². The summed E-state index contributed by atoms with van der Waals surface area (Å²) in [6, 6.07) is 3.68. The number of rotatable bonds is 5. The van der Waals surface area contributed by atoms with Gasteiger partial charge in [-0.2, -0.15) is 0 Å². The molecule has 0 aliphatic rings. The fraction of sp³-hybridized carbons (Fsp3) is 0.214. The van der Waals surface area contributed by atoms with Gasteiger partial charge in [0.2, 0.25) is 0 Å². The monoisotopic (exact) mass is 272 g/mol. The van der Waals surface area contributed by atoms with Crippen molar-refractivity contribution in [1.82, 2.24) is 14.5 Å². The number of aromatic nitrogens is 3. The quantitative estimate of drug-likeness (QED) is 0.836. The Morgan fingerprint density at radius 3 is 2.80 bits per heavy atom. The number of carbonyl (C=O) groups is 1. The maximum absolute atomic E-state index is 10.4. The molecule has 0 radical (unpaired) electrons. The smallest absolute Gasteiger partial charge is 0.328 e. The van der Waals surface area contributed by atoms with Gasteiger partial charge >= 0.3 is 5.97 Å². The van der Waals surface area contributed by atoms with Crippen LogP contribution in [-0.2, 0) is 18.4 Å². The molecule has 0 aliphatic heterocycles. The van der Waals surface area contributed by atoms with Crippen LogP contribution in [0.25, 0.3) is 6.08 Å². The molecule has 6 heteroatoms. The van der Waals surface area contributed by atoms with E-state index in [1.54, 1.807) is 12.4 Å². The number of carboxylic acid groups (broad SMARTS) is 1. The number of nitrogens with zero attached hydrogens (tertiary/aromatic N) is 4. The normalized spacial score (nSPS) is 10.9. The first-order valence-corrected chi connectivity index (χ1v) is 6.10. The molecule has 0 saturated heterocycles. The fourth-order valence-corrected chi connectivity index (χ4v) is 1.73. The van der Waals surface area contributed by atoms with Crippen LogP contribution in [-0.4, -0.2) is 32.7 Å². The average Bonchev–Trinajstić information content (AvgIpc) is 2.82. The van der Waals surface area contributed by atoms with Crippen LogP contribution in [0.15, 0.2) is 36.8 Å². The van der Waals surface area contributed by atoms with Crippen molar-refractivity contribution in [1.29, 1.82) is 0 Å². The molecule has 0 unspecified atom stereocenters. The number of hydrogen-bond acceptors (Lipinski definition) is 4. The van der Waals surface area contributed by atoms with Crippen molar-refractivity contribution in [2.24, 2.45) is 7.05 Å². The highest BCUT2D eigenvalue weighted by molar-refractivity contribution is 5.85. The molecule has 104 valence electrons. The molecular formula is C14H16N4O2. The predicted octanol–water partition coefficient (Wildman–Crippen LogP) is 1.55. The molecule has 0 aromatic carbocycles. The summed E-state index contributed by atoms with van der Waals surface area (Å²) in [5, 5.41) is 8.56. The Bertz CT molecular complexity index is 616. The number of hydrogen-bond donors (Lipinski definition) is 1. The molecule has 0 aliphatic carbocycles. The summed E-state index contributed by atoms with van der Waals surface area (Å²) in [6.07, 6.45) is 7.91. The van der Waals surface area contributed by atoms with E-state index in [1.165, 1.54) is 6.08 Å². The van der Waals surface area contributed by atoms with E-state index in [-0.39, 0.29) is 0 Å². The summed E-state index contributed by atoms with van der Waals surface area (Å²) >= 11 is 0. The third kappa shape index (κ3) is 3.44. The number of pyridine rings is 1. The van der Waals surface area contributed by atoms with Crippen molar-refractivity contribution < 1.29 is 9.90 Å². The van der Waals surface area contributed by atoms with Crippen LogP contribution in [0.2, 0.25) is 0 Å². The highest BCUT2D eigenvalue weighted by Crippen LogP contribution is 2.13. The Hall–Kier alpha value is -2.63. The first-order valence-electron chi connectivity index (χ1n) is 6.10. The van der Waals surface area contributed by atoms with Gasteiger partial charge in [-0.15, -0.1) is 0 Å². The molecule has 0 amide bonds. The zero-order chi connectivity index (χ0) is 14.5. The van der Waals surface area contributed by atoms with Gasteiger partial charge in [0.1, 0.15) is 11.6 Å². The van der Waals surface area contributed by atoms with Crippen LogP contribution < -0.4 is 4.90 Å². The van der Waals surface area contributed by atoms with Gasteiger partial charge in [-0.05, 0) is 23.8 Å². The van der Waals surface area contributed by atoms with Gasteiger partial charge < -0.3 is 14.6 Å². The molecule has 2 aromatic rings. The lowest BCUT2D eigenvalue weighted by atomic mass is 10.2. The molecule has 0 atom stereocenters. The summed E-state index contributed by atoms with van der Waals surface area (Å²) in [4.78, 5) is 21.0. The molecule has 1 N–H and O–H groups in total. The van der Waals surface area contributed by atoms with E-state index in [0.717, 1.165) is 23.3 Å². The van der Waals surface area contributed by atoms with Gasteiger partial charge in [0.25, 0.3) is 0 Å². The van der Waals surface area contributed by atoms with Gasteiger partial charge in [-0.25, -0.2) is 14.8 Å². The SMILES string of the molecule is CN(Cc1nccn1C)c1ccc(/C=C/C(=O)O)cn1. The first kappa shape index (κ1) is 13.8. The van der Waals surface area contributed by atoms with E-state index in [2.05, 4.69) is 9.97 Å². The van der Waals surface area contributed by atoms with Gasteiger partial charge in [0.05, 0.1) is 6.54 Å². The lowest BCUT2D eigenvalue weighted by Crippen LogP contribution is -2.19. The third-order valence-corrected chi connectivity index (χ3v) is 2.88. The van der Waals surface area contributed by atoms with Crippen molar-refractivity contribution >= 4 is 17.9 Å². The molecule has 20 heavy (non-hydrogen) atoms. The van der Waals surface area contributed by atoms with Crippen molar-refractivity contribution in [3.05, 3.63) is 48.2 Å². The minimum absolute atomic E-state index is 0.654. The minimum Gasteiger partial charge on any atom is -0.478 e. The van der Waals surface area contributed by atoms with Gasteiger partial charge in [0, 0.05) is 38.8 Å². The molecule has 0 fully saturated rings. The second kappa shape index (κ2) is 6.01. The highest BCUT2D eigenvalue weighted by atomic mass is 16.4. The van der Waals surface area contributed by atoms with Gasteiger partial charge in [-0.1, -0.05) is 0 Å². The van der Waals surface area contributed by atoms with Crippen LogP contribution in [0, 0.1) is 0 Å².